The van der Waals surface area contributed by atoms with Gasteiger partial charge >= 0.3 is 0 Å². The first kappa shape index (κ1) is 38.3. The molecule has 284 valence electrons. The van der Waals surface area contributed by atoms with Crippen LogP contribution in [0.25, 0.3) is 27.6 Å². The van der Waals surface area contributed by atoms with Crippen molar-refractivity contribution < 1.29 is 25.8 Å². The van der Waals surface area contributed by atoms with E-state index in [1.54, 1.807) is 0 Å². The van der Waals surface area contributed by atoms with E-state index in [4.69, 9.17) is 14.7 Å². The molecule has 0 spiro atoms. The quantitative estimate of drug-likeness (QED) is 0.142. The van der Waals surface area contributed by atoms with Crippen molar-refractivity contribution in [3.05, 3.63) is 144 Å². The van der Waals surface area contributed by atoms with Gasteiger partial charge in [-0.05, 0) is 81.1 Å². The van der Waals surface area contributed by atoms with E-state index in [-0.39, 0.29) is 26.5 Å². The summed E-state index contributed by atoms with van der Waals surface area (Å²) in [6.45, 7) is 22.5. The molecule has 1 aliphatic heterocycles. The topological polar surface area (TPSA) is 46.4 Å². The van der Waals surface area contributed by atoms with Gasteiger partial charge in [0.15, 0.2) is 0 Å². The number of anilines is 4. The van der Waals surface area contributed by atoms with Crippen molar-refractivity contribution in [2.24, 2.45) is 0 Å². The second-order valence-electron chi connectivity index (χ2n) is 16.3. The second kappa shape index (κ2) is 15.0. The van der Waals surface area contributed by atoms with Crippen LogP contribution in [0.3, 0.4) is 0 Å². The molecule has 0 fully saturated rings. The third-order valence-corrected chi connectivity index (χ3v) is 10.5. The summed E-state index contributed by atoms with van der Waals surface area (Å²) in [6, 6.07) is 38.9. The molecular weight excluding hydrogens is 858 g/mol. The molecule has 0 N–H and O–H groups in total. The van der Waals surface area contributed by atoms with Crippen molar-refractivity contribution >= 4 is 44.7 Å². The summed E-state index contributed by atoms with van der Waals surface area (Å²) in [6.07, 6.45) is 3.77. The molecule has 4 aromatic carbocycles. The zero-order valence-electron chi connectivity index (χ0n) is 33.1. The molecule has 0 amide bonds. The van der Waals surface area contributed by atoms with Gasteiger partial charge in [-0.15, -0.1) is 48.1 Å². The first-order valence-corrected chi connectivity index (χ1v) is 19.1. The zero-order chi connectivity index (χ0) is 37.9. The number of fused-ring (bicyclic) bond motifs is 4. The fourth-order valence-electron chi connectivity index (χ4n) is 7.48. The van der Waals surface area contributed by atoms with Crippen LogP contribution in [0.1, 0.15) is 102 Å². The summed E-state index contributed by atoms with van der Waals surface area (Å²) in [4.78, 5) is 14.2. The van der Waals surface area contributed by atoms with Crippen molar-refractivity contribution in [3.8, 4) is 17.3 Å². The molecule has 0 radical (unpaired) electrons. The molecule has 4 heterocycles. The number of aromatic nitrogens is 3. The van der Waals surface area contributed by atoms with Gasteiger partial charge in [-0.25, -0.2) is 9.97 Å². The molecule has 0 bridgehead atoms. The molecular formula is C48H48N5OPt-3. The maximum Gasteiger partial charge on any atom is 0.135 e. The minimum absolute atomic E-state index is 0. The third kappa shape index (κ3) is 7.06. The van der Waals surface area contributed by atoms with Gasteiger partial charge in [0, 0.05) is 56.2 Å². The van der Waals surface area contributed by atoms with Gasteiger partial charge in [-0.1, -0.05) is 98.2 Å². The van der Waals surface area contributed by atoms with Crippen molar-refractivity contribution in [2.75, 3.05) is 9.80 Å². The molecule has 0 aliphatic carbocycles. The monoisotopic (exact) mass is 905 g/mol. The fourth-order valence-corrected chi connectivity index (χ4v) is 7.48. The predicted octanol–water partition coefficient (Wildman–Crippen LogP) is 13.0. The Morgan fingerprint density at radius 3 is 2.11 bits per heavy atom. The van der Waals surface area contributed by atoms with Crippen LogP contribution in [-0.2, 0) is 26.5 Å². The molecule has 0 saturated carbocycles. The Hall–Kier alpha value is -4.93. The number of rotatable bonds is 8. The third-order valence-electron chi connectivity index (χ3n) is 10.5. The predicted molar refractivity (Wildman–Crippen MR) is 223 cm³/mol. The second-order valence-corrected chi connectivity index (χ2v) is 16.3. The van der Waals surface area contributed by atoms with E-state index in [2.05, 4.69) is 162 Å². The van der Waals surface area contributed by atoms with Crippen LogP contribution in [0.2, 0.25) is 0 Å². The first-order chi connectivity index (χ1) is 25.9. The Labute approximate surface area is 340 Å². The van der Waals surface area contributed by atoms with Gasteiger partial charge < -0.3 is 19.1 Å². The molecule has 0 atom stereocenters. The molecule has 55 heavy (non-hydrogen) atoms. The number of ether oxygens (including phenoxy) is 1. The number of nitrogens with zero attached hydrogens (tertiary/aromatic N) is 5. The van der Waals surface area contributed by atoms with Crippen LogP contribution < -0.4 is 14.5 Å². The van der Waals surface area contributed by atoms with Gasteiger partial charge in [-0.2, -0.15) is 12.1 Å². The van der Waals surface area contributed by atoms with Crippen molar-refractivity contribution in [1.29, 1.82) is 0 Å². The minimum Gasteiger partial charge on any atom is -0.509 e. The van der Waals surface area contributed by atoms with E-state index in [1.807, 2.05) is 36.7 Å². The van der Waals surface area contributed by atoms with Crippen molar-refractivity contribution in [1.82, 2.24) is 14.5 Å². The number of para-hydroxylation sites is 1. The van der Waals surface area contributed by atoms with E-state index < -0.39 is 0 Å². The van der Waals surface area contributed by atoms with E-state index in [0.29, 0.717) is 29.3 Å². The van der Waals surface area contributed by atoms with E-state index in [9.17, 15) is 0 Å². The Morgan fingerprint density at radius 2 is 1.40 bits per heavy atom. The van der Waals surface area contributed by atoms with Gasteiger partial charge in [0.1, 0.15) is 11.6 Å². The van der Waals surface area contributed by atoms with E-state index in [0.717, 1.165) is 44.8 Å². The van der Waals surface area contributed by atoms with Crippen molar-refractivity contribution in [3.63, 3.8) is 0 Å². The smallest absolute Gasteiger partial charge is 0.135 e. The average Bonchev–Trinajstić information content (AvgIpc) is 3.70. The van der Waals surface area contributed by atoms with Crippen LogP contribution in [0.4, 0.5) is 22.9 Å². The van der Waals surface area contributed by atoms with Gasteiger partial charge in [0.05, 0.1) is 5.69 Å². The molecule has 0 unspecified atom stereocenters. The first-order valence-electron chi connectivity index (χ1n) is 19.1. The fraction of sp³-hybridized carbons (Fsp3) is 0.271. The summed E-state index contributed by atoms with van der Waals surface area (Å²) in [5, 5.41) is 2.24. The van der Waals surface area contributed by atoms with Crippen LogP contribution >= 0.6 is 0 Å². The summed E-state index contributed by atoms with van der Waals surface area (Å²) in [7, 11) is 0. The number of hydrogen-bond donors (Lipinski definition) is 0. The SMILES string of the molecule is CC(C)c1cc(C(C)C)c(N2[CH-]N(c3[c-]c(Oc4[c-]c5c(cc4)c4ccccc4n5-c4cc(C(C)(C)C)ccn4)ccc3)c3cccnc32)c(C(C)C)c1.[Pt]. The summed E-state index contributed by atoms with van der Waals surface area (Å²) >= 11 is 0. The van der Waals surface area contributed by atoms with E-state index in [1.165, 1.54) is 27.9 Å². The Balaban J connectivity index is 0.00000465. The standard InChI is InChI=1S/C48H48N5O.Pt/c1-30(2)33-24-40(31(3)4)46(41(25-33)32(5)6)52-29-51(43-18-13-22-50-47(43)52)35-14-12-15-36(27-35)54-37-19-20-39-38-16-10-11-17-42(38)53(44(39)28-37)45-26-34(21-23-49-45)48(7,8)9;/h10-26,29-32H,1-9H3;/q-3;. The summed E-state index contributed by atoms with van der Waals surface area (Å²) in [5.41, 5.74) is 10.3. The average molecular weight is 906 g/mol. The zero-order valence-corrected chi connectivity index (χ0v) is 35.4. The molecule has 7 aromatic rings. The molecule has 6 nitrogen and oxygen atoms in total. The maximum atomic E-state index is 6.57. The van der Waals surface area contributed by atoms with E-state index >= 15 is 0 Å². The molecule has 7 heteroatoms. The number of benzene rings is 4. The normalized spacial score (nSPS) is 13.0. The molecule has 8 rings (SSSR count). The van der Waals surface area contributed by atoms with Crippen LogP contribution in [0.15, 0.2) is 103 Å². The van der Waals surface area contributed by atoms with Gasteiger partial charge in [-0.3, -0.25) is 0 Å². The Bertz CT molecular complexity index is 2480. The summed E-state index contributed by atoms with van der Waals surface area (Å²) < 4.78 is 8.76. The molecule has 0 saturated heterocycles. The summed E-state index contributed by atoms with van der Waals surface area (Å²) in [5.74, 6) is 4.07. The molecule has 1 aliphatic rings. The van der Waals surface area contributed by atoms with Crippen LogP contribution in [0, 0.1) is 18.8 Å². The largest absolute Gasteiger partial charge is 0.509 e. The Kier molecular flexibility index (Phi) is 10.4. The minimum atomic E-state index is -0.0124. The molecule has 3 aromatic heterocycles. The van der Waals surface area contributed by atoms with Gasteiger partial charge in [0.25, 0.3) is 0 Å². The maximum absolute atomic E-state index is 6.57. The van der Waals surface area contributed by atoms with Crippen molar-refractivity contribution in [2.45, 2.75) is 85.5 Å². The van der Waals surface area contributed by atoms with Crippen LogP contribution in [0.5, 0.6) is 11.5 Å². The van der Waals surface area contributed by atoms with Gasteiger partial charge in [0.2, 0.25) is 0 Å². The Morgan fingerprint density at radius 1 is 0.673 bits per heavy atom. The van der Waals surface area contributed by atoms with Crippen LogP contribution in [-0.4, -0.2) is 14.5 Å². The number of hydrogen-bond acceptors (Lipinski definition) is 5. The number of pyridine rings is 2.